The fourth-order valence-corrected chi connectivity index (χ4v) is 4.04. The van der Waals surface area contributed by atoms with E-state index in [0.717, 1.165) is 22.5 Å². The number of halogens is 1. The Bertz CT molecular complexity index is 1560. The highest BCUT2D eigenvalue weighted by molar-refractivity contribution is 6.30. The maximum absolute atomic E-state index is 13.1. The van der Waals surface area contributed by atoms with Crippen LogP contribution in [0, 0.1) is 0 Å². The lowest BCUT2D eigenvalue weighted by Crippen LogP contribution is -2.33. The Hall–Kier alpha value is -4.23. The molecule has 0 aliphatic rings. The molecule has 1 amide bonds. The van der Waals surface area contributed by atoms with Crippen LogP contribution in [-0.4, -0.2) is 37.2 Å². The fourth-order valence-electron chi connectivity index (χ4n) is 3.92. The predicted molar refractivity (Wildman–Crippen MR) is 136 cm³/mol. The van der Waals surface area contributed by atoms with E-state index in [4.69, 9.17) is 16.7 Å². The van der Waals surface area contributed by atoms with Gasteiger partial charge in [0.15, 0.2) is 0 Å². The number of hydrogen-bond acceptors (Lipinski definition) is 4. The minimum absolute atomic E-state index is 0.101. The molecule has 0 radical (unpaired) electrons. The highest BCUT2D eigenvalue weighted by Gasteiger charge is 2.18. The molecule has 0 aliphatic carbocycles. The predicted octanol–water partition coefficient (Wildman–Crippen LogP) is 4.56. The highest BCUT2D eigenvalue weighted by atomic mass is 35.5. The Labute approximate surface area is 206 Å². The molecule has 0 bridgehead atoms. The van der Waals surface area contributed by atoms with Crippen LogP contribution < -0.4 is 5.56 Å². The molecule has 0 spiro atoms. The highest BCUT2D eigenvalue weighted by Crippen LogP contribution is 2.26. The van der Waals surface area contributed by atoms with E-state index in [1.54, 1.807) is 34.8 Å². The molecule has 0 N–H and O–H groups in total. The van der Waals surface area contributed by atoms with Gasteiger partial charge in [-0.3, -0.25) is 14.2 Å². The first kappa shape index (κ1) is 22.6. The number of hydrogen-bond donors (Lipinski definition) is 0. The first-order valence-corrected chi connectivity index (χ1v) is 11.5. The average Bonchev–Trinajstić information content (AvgIpc) is 3.30. The third-order valence-corrected chi connectivity index (χ3v) is 6.05. The van der Waals surface area contributed by atoms with Gasteiger partial charge in [0.05, 0.1) is 28.6 Å². The number of aromatic nitrogens is 4. The smallest absolute Gasteiger partial charge is 0.261 e. The quantitative estimate of drug-likeness (QED) is 0.355. The van der Waals surface area contributed by atoms with Crippen molar-refractivity contribution < 1.29 is 4.79 Å². The van der Waals surface area contributed by atoms with Crippen molar-refractivity contribution >= 4 is 28.4 Å². The van der Waals surface area contributed by atoms with Crippen LogP contribution in [0.1, 0.15) is 5.56 Å². The van der Waals surface area contributed by atoms with Crippen LogP contribution in [0.25, 0.3) is 27.8 Å². The Morgan fingerprint density at radius 3 is 2.46 bits per heavy atom. The Morgan fingerprint density at radius 1 is 0.971 bits per heavy atom. The van der Waals surface area contributed by atoms with Gasteiger partial charge in [-0.2, -0.15) is 5.10 Å². The number of carbonyl (C=O) groups excluding carboxylic acids is 1. The minimum atomic E-state index is -0.240. The van der Waals surface area contributed by atoms with Crippen molar-refractivity contribution in [3.63, 3.8) is 0 Å². The van der Waals surface area contributed by atoms with Crippen LogP contribution in [0.5, 0.6) is 0 Å². The lowest BCUT2D eigenvalue weighted by molar-refractivity contribution is -0.131. The third kappa shape index (κ3) is 4.72. The summed E-state index contributed by atoms with van der Waals surface area (Å²) in [5.41, 5.74) is 3.81. The van der Waals surface area contributed by atoms with Gasteiger partial charge in [0.1, 0.15) is 6.54 Å². The molecule has 0 saturated carbocycles. The van der Waals surface area contributed by atoms with E-state index in [0.29, 0.717) is 22.5 Å². The van der Waals surface area contributed by atoms with Gasteiger partial charge in [0.2, 0.25) is 5.91 Å². The summed E-state index contributed by atoms with van der Waals surface area (Å²) >= 11 is 6.08. The molecule has 2 aromatic heterocycles. The first-order valence-electron chi connectivity index (χ1n) is 11.1. The molecule has 3 aromatic carbocycles. The molecule has 0 fully saturated rings. The molecule has 174 valence electrons. The van der Waals surface area contributed by atoms with Gasteiger partial charge in [-0.1, -0.05) is 54.1 Å². The van der Waals surface area contributed by atoms with E-state index < -0.39 is 0 Å². The Morgan fingerprint density at radius 2 is 1.69 bits per heavy atom. The van der Waals surface area contributed by atoms with Crippen molar-refractivity contribution in [3.05, 3.63) is 112 Å². The molecule has 0 atom stereocenters. The van der Waals surface area contributed by atoms with Crippen molar-refractivity contribution in [2.45, 2.75) is 13.1 Å². The van der Waals surface area contributed by atoms with Crippen LogP contribution in [-0.2, 0) is 17.9 Å². The molecule has 7 nitrogen and oxygen atoms in total. The zero-order valence-corrected chi connectivity index (χ0v) is 19.8. The molecular formula is C27H22ClN5O2. The van der Waals surface area contributed by atoms with Crippen LogP contribution >= 0.6 is 11.6 Å². The van der Waals surface area contributed by atoms with Gasteiger partial charge in [0, 0.05) is 35.9 Å². The van der Waals surface area contributed by atoms with Crippen LogP contribution in [0.2, 0.25) is 5.02 Å². The minimum Gasteiger partial charge on any atom is -0.340 e. The molecule has 35 heavy (non-hydrogen) atoms. The Kier molecular flexibility index (Phi) is 6.16. The lowest BCUT2D eigenvalue weighted by Gasteiger charge is -2.18. The largest absolute Gasteiger partial charge is 0.340 e. The number of carbonyl (C=O) groups is 1. The number of amides is 1. The molecule has 8 heteroatoms. The van der Waals surface area contributed by atoms with Crippen molar-refractivity contribution in [1.82, 2.24) is 24.2 Å². The van der Waals surface area contributed by atoms with Crippen LogP contribution in [0.3, 0.4) is 0 Å². The topological polar surface area (TPSA) is 73.0 Å². The van der Waals surface area contributed by atoms with Crippen molar-refractivity contribution in [3.8, 4) is 16.9 Å². The monoisotopic (exact) mass is 483 g/mol. The number of benzene rings is 3. The molecule has 0 unspecified atom stereocenters. The summed E-state index contributed by atoms with van der Waals surface area (Å²) in [5.74, 6) is -0.210. The van der Waals surface area contributed by atoms with Crippen LogP contribution in [0.4, 0.5) is 0 Å². The van der Waals surface area contributed by atoms with Gasteiger partial charge in [-0.05, 0) is 36.4 Å². The fraction of sp³-hybridized carbons (Fsp3) is 0.111. The molecule has 2 heterocycles. The van der Waals surface area contributed by atoms with Gasteiger partial charge in [0.25, 0.3) is 5.56 Å². The van der Waals surface area contributed by atoms with E-state index in [1.165, 1.54) is 10.9 Å². The lowest BCUT2D eigenvalue weighted by atomic mass is 10.1. The summed E-state index contributed by atoms with van der Waals surface area (Å²) in [6, 6.07) is 24.3. The van der Waals surface area contributed by atoms with Gasteiger partial charge in [-0.25, -0.2) is 9.67 Å². The van der Waals surface area contributed by atoms with Crippen LogP contribution in [0.15, 0.2) is 96.2 Å². The van der Waals surface area contributed by atoms with E-state index in [-0.39, 0.29) is 18.0 Å². The molecule has 5 aromatic rings. The number of fused-ring (bicyclic) bond motifs is 1. The second-order valence-corrected chi connectivity index (χ2v) is 8.67. The van der Waals surface area contributed by atoms with Crippen molar-refractivity contribution in [1.29, 1.82) is 0 Å². The van der Waals surface area contributed by atoms with Gasteiger partial charge in [-0.15, -0.1) is 0 Å². The summed E-state index contributed by atoms with van der Waals surface area (Å²) in [6.07, 6.45) is 3.34. The number of rotatable bonds is 6. The molecule has 5 rings (SSSR count). The third-order valence-electron chi connectivity index (χ3n) is 5.80. The molecule has 0 saturated heterocycles. The van der Waals surface area contributed by atoms with E-state index >= 15 is 0 Å². The zero-order chi connectivity index (χ0) is 24.4. The summed E-state index contributed by atoms with van der Waals surface area (Å²) in [6.45, 7) is 0.218. The Balaban J connectivity index is 1.43. The maximum atomic E-state index is 13.1. The van der Waals surface area contributed by atoms with Crippen molar-refractivity contribution in [2.24, 2.45) is 0 Å². The van der Waals surface area contributed by atoms with E-state index in [1.807, 2.05) is 66.9 Å². The second kappa shape index (κ2) is 9.56. The second-order valence-electron chi connectivity index (χ2n) is 8.23. The normalized spacial score (nSPS) is 11.0. The molecule has 0 aliphatic heterocycles. The summed E-state index contributed by atoms with van der Waals surface area (Å²) in [5, 5.41) is 5.92. The molecular weight excluding hydrogens is 462 g/mol. The van der Waals surface area contributed by atoms with Gasteiger partial charge < -0.3 is 4.90 Å². The summed E-state index contributed by atoms with van der Waals surface area (Å²) in [4.78, 5) is 31.8. The standard InChI is InChI=1S/C27H22ClN5O2/c1-31(25(34)17-32-18-29-24-10-6-5-9-23(24)27(32)35)15-20-16-33(22-7-3-2-4-8-22)30-26(20)19-11-13-21(28)14-12-19/h2-14,16,18H,15,17H2,1H3. The van der Waals surface area contributed by atoms with E-state index in [9.17, 15) is 9.59 Å². The number of likely N-dealkylation sites (N-methyl/N-ethyl adjacent to an activating group) is 1. The average molecular weight is 484 g/mol. The summed E-state index contributed by atoms with van der Waals surface area (Å²) in [7, 11) is 1.72. The SMILES string of the molecule is CN(Cc1cn(-c2ccccc2)nc1-c1ccc(Cl)cc1)C(=O)Cn1cnc2ccccc2c1=O. The van der Waals surface area contributed by atoms with E-state index in [2.05, 4.69) is 4.98 Å². The zero-order valence-electron chi connectivity index (χ0n) is 19.0. The maximum Gasteiger partial charge on any atom is 0.261 e. The first-order chi connectivity index (χ1) is 17.0. The number of nitrogens with zero attached hydrogens (tertiary/aromatic N) is 5. The summed E-state index contributed by atoms with van der Waals surface area (Å²) < 4.78 is 3.14. The van der Waals surface area contributed by atoms with Gasteiger partial charge >= 0.3 is 0 Å². The van der Waals surface area contributed by atoms with Crippen molar-refractivity contribution in [2.75, 3.05) is 7.05 Å². The number of para-hydroxylation sites is 2.